The summed E-state index contributed by atoms with van der Waals surface area (Å²) in [6.07, 6.45) is 17.4. The average molecular weight is 287 g/mol. The Labute approximate surface area is 130 Å². The van der Waals surface area contributed by atoms with Crippen LogP contribution in [0.3, 0.4) is 0 Å². The molecule has 0 aliphatic heterocycles. The summed E-state index contributed by atoms with van der Waals surface area (Å²) >= 11 is 0. The second-order valence-electron chi connectivity index (χ2n) is 4.96. The van der Waals surface area contributed by atoms with Crippen LogP contribution in [0.25, 0.3) is 0 Å². The average Bonchev–Trinajstić information content (AvgIpc) is 2.43. The fraction of sp³-hybridized carbons (Fsp3) is 0.474. The largest absolute Gasteiger partial charge is 0.299 e. The second-order valence-corrected chi connectivity index (χ2v) is 4.96. The predicted molar refractivity (Wildman–Crippen MR) is 91.9 cm³/mol. The number of aldehydes is 1. The summed E-state index contributed by atoms with van der Waals surface area (Å²) in [6.45, 7) is 8.27. The molecule has 0 aromatic carbocycles. The van der Waals surface area contributed by atoms with Crippen molar-refractivity contribution in [2.75, 3.05) is 0 Å². The van der Waals surface area contributed by atoms with E-state index in [1.807, 2.05) is 19.1 Å². The Hall–Kier alpha value is -1.88. The van der Waals surface area contributed by atoms with Gasteiger partial charge < -0.3 is 0 Å². The quantitative estimate of drug-likeness (QED) is 0.189. The van der Waals surface area contributed by atoms with Crippen LogP contribution in [0, 0.1) is 11.3 Å². The Kier molecular flexibility index (Phi) is 18.5. The SMILES string of the molecule is CC(C)=CCC/C(C)=C\C#N.CCC=CCCC=CC=O. The number of nitriles is 1. The van der Waals surface area contributed by atoms with Gasteiger partial charge >= 0.3 is 0 Å². The third-order valence-corrected chi connectivity index (χ3v) is 2.52. The minimum Gasteiger partial charge on any atom is -0.299 e. The van der Waals surface area contributed by atoms with Crippen LogP contribution in [0.5, 0.6) is 0 Å². The highest BCUT2D eigenvalue weighted by Crippen LogP contribution is 2.05. The molecule has 0 atom stereocenters. The lowest BCUT2D eigenvalue weighted by atomic mass is 10.1. The summed E-state index contributed by atoms with van der Waals surface area (Å²) in [6, 6.07) is 2.02. The Bertz CT molecular complexity index is 402. The summed E-state index contributed by atoms with van der Waals surface area (Å²) in [4.78, 5) is 9.79. The van der Waals surface area contributed by atoms with Crippen molar-refractivity contribution in [2.45, 2.75) is 59.8 Å². The van der Waals surface area contributed by atoms with Gasteiger partial charge in [-0.1, -0.05) is 42.4 Å². The van der Waals surface area contributed by atoms with Crippen LogP contribution >= 0.6 is 0 Å². The Morgan fingerprint density at radius 1 is 1.05 bits per heavy atom. The normalized spacial score (nSPS) is 10.9. The molecule has 0 aromatic heterocycles. The van der Waals surface area contributed by atoms with Crippen molar-refractivity contribution in [1.29, 1.82) is 5.26 Å². The van der Waals surface area contributed by atoms with Crippen molar-refractivity contribution in [3.63, 3.8) is 0 Å². The molecule has 0 amide bonds. The number of hydrogen-bond acceptors (Lipinski definition) is 2. The zero-order valence-electron chi connectivity index (χ0n) is 13.9. The maximum atomic E-state index is 9.79. The molecule has 21 heavy (non-hydrogen) atoms. The van der Waals surface area contributed by atoms with Gasteiger partial charge in [0, 0.05) is 6.08 Å². The van der Waals surface area contributed by atoms with E-state index in [2.05, 4.69) is 39.0 Å². The number of rotatable bonds is 8. The van der Waals surface area contributed by atoms with Crippen molar-refractivity contribution in [3.05, 3.63) is 47.6 Å². The van der Waals surface area contributed by atoms with Gasteiger partial charge in [-0.2, -0.15) is 5.26 Å². The van der Waals surface area contributed by atoms with E-state index in [9.17, 15) is 4.79 Å². The number of carbonyl (C=O) groups excluding carboxylic acids is 1. The standard InChI is InChI=1S/C10H15N.C9H14O/c1-9(2)5-4-6-10(3)7-8-11;1-2-3-4-5-6-7-8-9-10/h5,7H,4,6H2,1-3H3;3-4,7-9H,2,5-6H2,1H3/b10-7-;. The van der Waals surface area contributed by atoms with Crippen molar-refractivity contribution in [1.82, 2.24) is 0 Å². The Balaban J connectivity index is 0. The van der Waals surface area contributed by atoms with E-state index in [0.29, 0.717) is 0 Å². The first-order valence-corrected chi connectivity index (χ1v) is 7.52. The number of unbranched alkanes of at least 4 members (excludes halogenated alkanes) is 1. The van der Waals surface area contributed by atoms with Gasteiger partial charge in [0.25, 0.3) is 0 Å². The smallest absolute Gasteiger partial charge is 0.142 e. The Morgan fingerprint density at radius 3 is 2.24 bits per heavy atom. The molecule has 0 fully saturated rings. The van der Waals surface area contributed by atoms with E-state index >= 15 is 0 Å². The number of allylic oxidation sites excluding steroid dienone is 8. The van der Waals surface area contributed by atoms with E-state index in [1.54, 1.807) is 12.2 Å². The zero-order valence-corrected chi connectivity index (χ0v) is 13.9. The molecule has 0 rings (SSSR count). The van der Waals surface area contributed by atoms with Gasteiger partial charge in [0.05, 0.1) is 6.07 Å². The summed E-state index contributed by atoms with van der Waals surface area (Å²) in [5, 5.41) is 8.30. The number of carbonyl (C=O) groups is 1. The molecule has 0 saturated heterocycles. The van der Waals surface area contributed by atoms with Crippen LogP contribution in [0.1, 0.15) is 59.8 Å². The van der Waals surface area contributed by atoms with Gasteiger partial charge in [0.1, 0.15) is 6.29 Å². The molecule has 0 aliphatic carbocycles. The fourth-order valence-electron chi connectivity index (χ4n) is 1.40. The van der Waals surface area contributed by atoms with Gasteiger partial charge in [0.15, 0.2) is 0 Å². The van der Waals surface area contributed by atoms with E-state index in [-0.39, 0.29) is 0 Å². The molecule has 2 nitrogen and oxygen atoms in total. The summed E-state index contributed by atoms with van der Waals surface area (Å²) < 4.78 is 0. The van der Waals surface area contributed by atoms with Crippen LogP contribution in [0.4, 0.5) is 0 Å². The minimum absolute atomic E-state index is 0.809. The van der Waals surface area contributed by atoms with Crippen LogP contribution < -0.4 is 0 Å². The predicted octanol–water partition coefficient (Wildman–Crippen LogP) is 5.69. The van der Waals surface area contributed by atoms with E-state index in [0.717, 1.165) is 44.0 Å². The molecule has 0 heterocycles. The molecular weight excluding hydrogens is 258 g/mol. The molecule has 0 aromatic rings. The first kappa shape index (κ1) is 21.4. The van der Waals surface area contributed by atoms with E-state index in [4.69, 9.17) is 5.26 Å². The van der Waals surface area contributed by atoms with Crippen LogP contribution in [-0.4, -0.2) is 6.29 Å². The lowest BCUT2D eigenvalue weighted by molar-refractivity contribution is -0.104. The molecule has 116 valence electrons. The van der Waals surface area contributed by atoms with Crippen molar-refractivity contribution < 1.29 is 4.79 Å². The highest BCUT2D eigenvalue weighted by atomic mass is 16.1. The topological polar surface area (TPSA) is 40.9 Å². The molecule has 2 heteroatoms. The third kappa shape index (κ3) is 23.6. The maximum absolute atomic E-state index is 9.79. The van der Waals surface area contributed by atoms with Crippen LogP contribution in [-0.2, 0) is 4.79 Å². The molecule has 0 bridgehead atoms. The van der Waals surface area contributed by atoms with E-state index < -0.39 is 0 Å². The number of nitrogens with zero attached hydrogens (tertiary/aromatic N) is 1. The third-order valence-electron chi connectivity index (χ3n) is 2.52. The highest BCUT2D eigenvalue weighted by Gasteiger charge is 1.86. The maximum Gasteiger partial charge on any atom is 0.142 e. The molecule has 0 radical (unpaired) electrons. The first-order chi connectivity index (χ1) is 10.1. The monoisotopic (exact) mass is 287 g/mol. The van der Waals surface area contributed by atoms with Gasteiger partial charge in [-0.15, -0.1) is 0 Å². The van der Waals surface area contributed by atoms with Crippen LogP contribution in [0.2, 0.25) is 0 Å². The fourth-order valence-corrected chi connectivity index (χ4v) is 1.40. The molecule has 0 aliphatic rings. The van der Waals surface area contributed by atoms with Crippen molar-refractivity contribution in [2.24, 2.45) is 0 Å². The first-order valence-electron chi connectivity index (χ1n) is 7.52. The Morgan fingerprint density at radius 2 is 1.71 bits per heavy atom. The number of hydrogen-bond donors (Lipinski definition) is 0. The lowest BCUT2D eigenvalue weighted by Gasteiger charge is -1.94. The highest BCUT2D eigenvalue weighted by molar-refractivity contribution is 5.64. The minimum atomic E-state index is 0.809. The van der Waals surface area contributed by atoms with Crippen LogP contribution in [0.15, 0.2) is 47.6 Å². The van der Waals surface area contributed by atoms with Gasteiger partial charge in [0.2, 0.25) is 0 Å². The molecule has 0 N–H and O–H groups in total. The molecule has 0 spiro atoms. The van der Waals surface area contributed by atoms with Gasteiger partial charge in [-0.3, -0.25) is 4.79 Å². The van der Waals surface area contributed by atoms with E-state index in [1.165, 1.54) is 5.57 Å². The molecule has 0 unspecified atom stereocenters. The molecular formula is C19H29NO. The van der Waals surface area contributed by atoms with Crippen molar-refractivity contribution in [3.8, 4) is 6.07 Å². The van der Waals surface area contributed by atoms with Gasteiger partial charge in [-0.05, 0) is 59.0 Å². The zero-order chi connectivity index (χ0) is 16.3. The summed E-state index contributed by atoms with van der Waals surface area (Å²) in [5.74, 6) is 0. The van der Waals surface area contributed by atoms with Gasteiger partial charge in [-0.25, -0.2) is 0 Å². The summed E-state index contributed by atoms with van der Waals surface area (Å²) in [7, 11) is 0. The molecule has 0 saturated carbocycles. The summed E-state index contributed by atoms with van der Waals surface area (Å²) in [5.41, 5.74) is 2.50. The second kappa shape index (κ2) is 18.1. The lowest BCUT2D eigenvalue weighted by Crippen LogP contribution is -1.75. The van der Waals surface area contributed by atoms with Crippen molar-refractivity contribution >= 4 is 6.29 Å².